The Balaban J connectivity index is 1.59. The van der Waals surface area contributed by atoms with Crippen molar-refractivity contribution in [1.29, 1.82) is 0 Å². The number of nitrogens with zero attached hydrogens (tertiary/aromatic N) is 3. The quantitative estimate of drug-likeness (QED) is 0.434. The van der Waals surface area contributed by atoms with Gasteiger partial charge in [0.15, 0.2) is 17.6 Å². The van der Waals surface area contributed by atoms with E-state index in [1.54, 1.807) is 6.07 Å². The van der Waals surface area contributed by atoms with Crippen LogP contribution in [0.2, 0.25) is 0 Å². The molecule has 1 aromatic carbocycles. The van der Waals surface area contributed by atoms with Gasteiger partial charge in [0.05, 0.1) is 12.5 Å². The average molecular weight is 423 g/mol. The lowest BCUT2D eigenvalue weighted by molar-refractivity contribution is -0.149. The van der Waals surface area contributed by atoms with Gasteiger partial charge in [0.1, 0.15) is 0 Å². The minimum Gasteiger partial charge on any atom is -0.466 e. The summed E-state index contributed by atoms with van der Waals surface area (Å²) in [5.74, 6) is -0.703. The minimum absolute atomic E-state index is 0.113. The number of rotatable bonds is 6. The maximum atomic E-state index is 13.5. The molecule has 2 fully saturated rings. The topological polar surface area (TPSA) is 57.2 Å². The number of likely N-dealkylation sites (tertiary alicyclic amines) is 1. The molecule has 2 heterocycles. The van der Waals surface area contributed by atoms with Crippen LogP contribution in [-0.2, 0) is 9.53 Å². The summed E-state index contributed by atoms with van der Waals surface area (Å²) >= 11 is 0. The summed E-state index contributed by atoms with van der Waals surface area (Å²) < 4.78 is 31.9. The first-order chi connectivity index (χ1) is 14.5. The Labute approximate surface area is 177 Å². The van der Waals surface area contributed by atoms with Gasteiger partial charge in [0, 0.05) is 51.0 Å². The van der Waals surface area contributed by atoms with Gasteiger partial charge in [-0.2, -0.15) is 0 Å². The van der Waals surface area contributed by atoms with Gasteiger partial charge < -0.3 is 19.9 Å². The second-order valence-corrected chi connectivity index (χ2v) is 7.93. The van der Waals surface area contributed by atoms with E-state index in [0.29, 0.717) is 31.3 Å². The molecule has 2 saturated heterocycles. The zero-order valence-electron chi connectivity index (χ0n) is 17.9. The fourth-order valence-electron chi connectivity index (χ4n) is 4.16. The van der Waals surface area contributed by atoms with Crippen LogP contribution in [0.15, 0.2) is 23.2 Å². The molecule has 30 heavy (non-hydrogen) atoms. The summed E-state index contributed by atoms with van der Waals surface area (Å²) in [6, 6.07) is 4.06. The number of piperidine rings is 1. The first-order valence-electron chi connectivity index (χ1n) is 10.9. The number of guanidine groups is 1. The number of carbonyl (C=O) groups excluding carboxylic acids is 1. The largest absolute Gasteiger partial charge is 0.466 e. The van der Waals surface area contributed by atoms with Gasteiger partial charge in [0.25, 0.3) is 0 Å². The van der Waals surface area contributed by atoms with Gasteiger partial charge in [-0.25, -0.2) is 8.78 Å². The molecule has 0 bridgehead atoms. The molecular formula is C22H32F2N4O2. The second kappa shape index (κ2) is 10.6. The van der Waals surface area contributed by atoms with Gasteiger partial charge in [0.2, 0.25) is 0 Å². The molecule has 166 valence electrons. The first-order valence-corrected chi connectivity index (χ1v) is 10.9. The van der Waals surface area contributed by atoms with Crippen molar-refractivity contribution in [1.82, 2.24) is 10.2 Å². The van der Waals surface area contributed by atoms with E-state index in [-0.39, 0.29) is 11.9 Å². The third kappa shape index (κ3) is 5.61. The van der Waals surface area contributed by atoms with E-state index in [2.05, 4.69) is 15.1 Å². The van der Waals surface area contributed by atoms with Gasteiger partial charge in [-0.3, -0.25) is 9.79 Å². The Morgan fingerprint density at radius 1 is 1.20 bits per heavy atom. The van der Waals surface area contributed by atoms with Gasteiger partial charge in [-0.1, -0.05) is 0 Å². The SMILES string of the molecule is CCNC(=NCC1CCN(c2ccc(F)c(F)c2)C1)N1CCC[C@H](C(=O)OCC)C1. The minimum atomic E-state index is -0.822. The van der Waals surface area contributed by atoms with Crippen molar-refractivity contribution in [2.24, 2.45) is 16.8 Å². The Morgan fingerprint density at radius 3 is 2.77 bits per heavy atom. The van der Waals surface area contributed by atoms with E-state index < -0.39 is 11.6 Å². The normalized spacial score (nSPS) is 22.3. The summed E-state index contributed by atoms with van der Waals surface area (Å²) in [4.78, 5) is 21.2. The molecule has 3 rings (SSSR count). The first kappa shape index (κ1) is 22.3. The summed E-state index contributed by atoms with van der Waals surface area (Å²) in [5, 5.41) is 3.34. The lowest BCUT2D eigenvalue weighted by Crippen LogP contribution is -2.48. The molecule has 0 saturated carbocycles. The highest BCUT2D eigenvalue weighted by atomic mass is 19.2. The Bertz CT molecular complexity index is 759. The molecule has 6 nitrogen and oxygen atoms in total. The van der Waals surface area contributed by atoms with Crippen LogP contribution in [0.25, 0.3) is 0 Å². The van der Waals surface area contributed by atoms with Gasteiger partial charge in [-0.15, -0.1) is 0 Å². The van der Waals surface area contributed by atoms with Crippen LogP contribution in [0, 0.1) is 23.5 Å². The van der Waals surface area contributed by atoms with Crippen molar-refractivity contribution in [2.75, 3.05) is 50.8 Å². The molecule has 8 heteroatoms. The maximum absolute atomic E-state index is 13.5. The molecule has 1 unspecified atom stereocenters. The summed E-state index contributed by atoms with van der Waals surface area (Å²) in [5.41, 5.74) is 0.709. The highest BCUT2D eigenvalue weighted by Gasteiger charge is 2.29. The molecule has 2 atom stereocenters. The molecule has 1 aromatic rings. The van der Waals surface area contributed by atoms with Crippen molar-refractivity contribution >= 4 is 17.6 Å². The highest BCUT2D eigenvalue weighted by molar-refractivity contribution is 5.81. The van der Waals surface area contributed by atoms with Gasteiger partial charge >= 0.3 is 5.97 Å². The molecule has 0 spiro atoms. The van der Waals surface area contributed by atoms with Crippen LogP contribution in [0.5, 0.6) is 0 Å². The van der Waals surface area contributed by atoms with Crippen molar-refractivity contribution in [3.63, 3.8) is 0 Å². The van der Waals surface area contributed by atoms with Crippen LogP contribution in [0.3, 0.4) is 0 Å². The molecule has 0 amide bonds. The molecule has 1 N–H and O–H groups in total. The average Bonchev–Trinajstić information content (AvgIpc) is 3.22. The van der Waals surface area contributed by atoms with Crippen LogP contribution >= 0.6 is 0 Å². The number of anilines is 1. The second-order valence-electron chi connectivity index (χ2n) is 7.93. The molecule has 0 aromatic heterocycles. The summed E-state index contributed by atoms with van der Waals surface area (Å²) in [7, 11) is 0. The van der Waals surface area contributed by atoms with E-state index in [0.717, 1.165) is 51.4 Å². The number of nitrogens with one attached hydrogen (secondary N) is 1. The van der Waals surface area contributed by atoms with Gasteiger partial charge in [-0.05, 0) is 51.2 Å². The van der Waals surface area contributed by atoms with E-state index in [1.807, 2.05) is 13.8 Å². The van der Waals surface area contributed by atoms with Crippen LogP contribution < -0.4 is 10.2 Å². The van der Waals surface area contributed by atoms with Crippen LogP contribution in [-0.4, -0.2) is 62.7 Å². The van der Waals surface area contributed by atoms with Crippen LogP contribution in [0.1, 0.15) is 33.1 Å². The number of aliphatic imine (C=N–C) groups is 1. The zero-order valence-corrected chi connectivity index (χ0v) is 17.9. The van der Waals surface area contributed by atoms with Crippen molar-refractivity contribution in [3.05, 3.63) is 29.8 Å². The predicted molar refractivity (Wildman–Crippen MR) is 114 cm³/mol. The zero-order chi connectivity index (χ0) is 21.5. The number of ether oxygens (including phenoxy) is 1. The van der Waals surface area contributed by atoms with Crippen molar-refractivity contribution in [3.8, 4) is 0 Å². The van der Waals surface area contributed by atoms with Crippen molar-refractivity contribution < 1.29 is 18.3 Å². The van der Waals surface area contributed by atoms with E-state index in [1.165, 1.54) is 12.1 Å². The molecule has 2 aliphatic heterocycles. The third-order valence-corrected chi connectivity index (χ3v) is 5.73. The Kier molecular flexibility index (Phi) is 7.87. The summed E-state index contributed by atoms with van der Waals surface area (Å²) in [6.45, 7) is 8.73. The fraction of sp³-hybridized carbons (Fsp3) is 0.636. The number of hydrogen-bond acceptors (Lipinski definition) is 4. The highest BCUT2D eigenvalue weighted by Crippen LogP contribution is 2.26. The lowest BCUT2D eigenvalue weighted by Gasteiger charge is -2.34. The van der Waals surface area contributed by atoms with Crippen LogP contribution in [0.4, 0.5) is 14.5 Å². The van der Waals surface area contributed by atoms with E-state index in [4.69, 9.17) is 9.73 Å². The number of hydrogen-bond donors (Lipinski definition) is 1. The predicted octanol–water partition coefficient (Wildman–Crippen LogP) is 3.03. The number of carbonyl (C=O) groups is 1. The molecular weight excluding hydrogens is 390 g/mol. The monoisotopic (exact) mass is 422 g/mol. The van der Waals surface area contributed by atoms with E-state index in [9.17, 15) is 13.6 Å². The Morgan fingerprint density at radius 2 is 2.03 bits per heavy atom. The lowest BCUT2D eigenvalue weighted by atomic mass is 9.98. The molecule has 0 aliphatic carbocycles. The number of esters is 1. The summed E-state index contributed by atoms with van der Waals surface area (Å²) in [6.07, 6.45) is 2.73. The maximum Gasteiger partial charge on any atom is 0.310 e. The van der Waals surface area contributed by atoms with E-state index >= 15 is 0 Å². The standard InChI is InChI=1S/C22H32F2N4O2/c1-3-25-22(28-10-5-6-17(15-28)21(29)30-4-2)26-13-16-9-11-27(14-16)18-7-8-19(23)20(24)12-18/h7-8,12,16-17H,3-6,9-11,13-15H2,1-2H3,(H,25,26)/t16?,17-/m0/s1. The molecule has 2 aliphatic rings. The van der Waals surface area contributed by atoms with Crippen molar-refractivity contribution in [2.45, 2.75) is 33.1 Å². The number of benzene rings is 1. The smallest absolute Gasteiger partial charge is 0.310 e. The fourth-order valence-corrected chi connectivity index (χ4v) is 4.16. The number of halogens is 2. The third-order valence-electron chi connectivity index (χ3n) is 5.73. The molecule has 0 radical (unpaired) electrons. The Hall–Kier alpha value is -2.38.